The second-order valence-corrected chi connectivity index (χ2v) is 8.58. The highest BCUT2D eigenvalue weighted by molar-refractivity contribution is 7.15. The molecule has 0 saturated carbocycles. The molecule has 4 rings (SSSR count). The van der Waals surface area contributed by atoms with Gasteiger partial charge in [-0.2, -0.15) is 13.2 Å². The first kappa shape index (κ1) is 23.2. The lowest BCUT2D eigenvalue weighted by molar-refractivity contribution is -0.138. The Morgan fingerprint density at radius 1 is 1.33 bits per heavy atom. The highest BCUT2D eigenvalue weighted by atomic mass is 32.1. The fourth-order valence-corrected chi connectivity index (χ4v) is 4.32. The molecule has 0 spiro atoms. The van der Waals surface area contributed by atoms with Gasteiger partial charge in [-0.1, -0.05) is 17.4 Å². The van der Waals surface area contributed by atoms with Crippen LogP contribution in [0.1, 0.15) is 35.8 Å². The topological polar surface area (TPSA) is 103 Å². The molecule has 2 atom stereocenters. The van der Waals surface area contributed by atoms with Gasteiger partial charge in [-0.15, -0.1) is 10.2 Å². The molecule has 1 N–H and O–H groups in total. The maximum absolute atomic E-state index is 12.6. The molecule has 1 aromatic heterocycles. The smallest absolute Gasteiger partial charge is 0.445 e. The van der Waals surface area contributed by atoms with Gasteiger partial charge in [0, 0.05) is 25.3 Å². The lowest BCUT2D eigenvalue weighted by atomic mass is 9.98. The summed E-state index contributed by atoms with van der Waals surface area (Å²) in [7, 11) is 1.53. The Bertz CT molecular complexity index is 1030. The number of likely N-dealkylation sites (tertiary alicyclic amines) is 1. The molecule has 2 fully saturated rings. The normalized spacial score (nSPS) is 20.8. The van der Waals surface area contributed by atoms with E-state index in [1.807, 2.05) is 12.1 Å². The Morgan fingerprint density at radius 3 is 2.82 bits per heavy atom. The predicted octanol–water partition coefficient (Wildman–Crippen LogP) is 3.04. The van der Waals surface area contributed by atoms with Crippen molar-refractivity contribution in [3.63, 3.8) is 0 Å². The summed E-state index contributed by atoms with van der Waals surface area (Å²) in [5, 5.41) is 7.17. The van der Waals surface area contributed by atoms with E-state index in [4.69, 9.17) is 14.2 Å². The van der Waals surface area contributed by atoms with Crippen LogP contribution in [-0.2, 0) is 20.5 Å². The van der Waals surface area contributed by atoms with Gasteiger partial charge in [0.2, 0.25) is 22.0 Å². The van der Waals surface area contributed by atoms with Gasteiger partial charge in [-0.05, 0) is 24.1 Å². The molecule has 0 bridgehead atoms. The first-order chi connectivity index (χ1) is 15.7. The molecule has 2 aliphatic rings. The number of halogens is 3. The molecule has 33 heavy (non-hydrogen) atoms. The summed E-state index contributed by atoms with van der Waals surface area (Å²) in [5.74, 6) is 0.000558. The van der Waals surface area contributed by atoms with Crippen molar-refractivity contribution in [2.45, 2.75) is 37.6 Å². The molecule has 2 aromatic rings. The Hall–Kier alpha value is -2.93. The summed E-state index contributed by atoms with van der Waals surface area (Å²) in [4.78, 5) is 26.1. The third-order valence-electron chi connectivity index (χ3n) is 5.27. The van der Waals surface area contributed by atoms with E-state index in [2.05, 4.69) is 15.5 Å². The first-order valence-electron chi connectivity index (χ1n) is 10.2. The number of nitrogens with one attached hydrogen (secondary N) is 1. The minimum atomic E-state index is -4.64. The lowest BCUT2D eigenvalue weighted by Gasteiger charge is -2.19. The fourth-order valence-electron chi connectivity index (χ4n) is 3.69. The van der Waals surface area contributed by atoms with Crippen molar-refractivity contribution in [3.8, 4) is 11.5 Å². The largest absolute Gasteiger partial charge is 0.493 e. The first-order valence-corrected chi connectivity index (χ1v) is 11.0. The van der Waals surface area contributed by atoms with Crippen LogP contribution >= 0.6 is 11.3 Å². The van der Waals surface area contributed by atoms with Gasteiger partial charge in [-0.3, -0.25) is 14.9 Å². The Labute approximate surface area is 190 Å². The number of benzene rings is 1. The molecule has 0 radical (unpaired) electrons. The number of rotatable bonds is 7. The number of hydrogen-bond donors (Lipinski definition) is 1. The standard InChI is InChI=1S/C20H21F3N4O5S/c1-30-13-5-4-11(7-14(13)32-17-3-2-6-31-17)12-8-16(29)27(9-12)10-15(28)24-19-26-25-18(33-19)20(21,22)23/h4-5,7,12,17H,2-3,6,8-10H2,1H3,(H,24,26,28)/t12-,17?/m1/s1. The SMILES string of the molecule is COc1ccc([C@@H]2CC(=O)N(CC(=O)Nc3nnc(C(F)(F)F)s3)C2)cc1OC1CCCO1. The van der Waals surface area contributed by atoms with E-state index in [0.717, 1.165) is 18.4 Å². The van der Waals surface area contributed by atoms with Crippen LogP contribution in [0.2, 0.25) is 0 Å². The molecule has 3 heterocycles. The van der Waals surface area contributed by atoms with Crippen LogP contribution in [0.25, 0.3) is 0 Å². The minimum absolute atomic E-state index is 0.179. The van der Waals surface area contributed by atoms with Crippen LogP contribution in [0.5, 0.6) is 11.5 Å². The summed E-state index contributed by atoms with van der Waals surface area (Å²) in [6, 6.07) is 5.40. The molecule has 178 valence electrons. The Morgan fingerprint density at radius 2 is 2.15 bits per heavy atom. The van der Waals surface area contributed by atoms with Gasteiger partial charge in [0.25, 0.3) is 0 Å². The molecule has 2 saturated heterocycles. The molecule has 2 amide bonds. The third kappa shape index (κ3) is 5.53. The van der Waals surface area contributed by atoms with Gasteiger partial charge in [0.15, 0.2) is 17.8 Å². The summed E-state index contributed by atoms with van der Waals surface area (Å²) in [6.07, 6.45) is -3.11. The number of amides is 2. The number of carbonyl (C=O) groups is 2. The molecule has 9 nitrogen and oxygen atoms in total. The van der Waals surface area contributed by atoms with Crippen LogP contribution in [0.4, 0.5) is 18.3 Å². The monoisotopic (exact) mass is 486 g/mol. The van der Waals surface area contributed by atoms with E-state index in [1.54, 1.807) is 6.07 Å². The van der Waals surface area contributed by atoms with Crippen LogP contribution in [0.3, 0.4) is 0 Å². The zero-order valence-electron chi connectivity index (χ0n) is 17.6. The third-order valence-corrected chi connectivity index (χ3v) is 6.15. The maximum atomic E-state index is 12.6. The lowest BCUT2D eigenvalue weighted by Crippen LogP contribution is -2.34. The zero-order chi connectivity index (χ0) is 23.6. The van der Waals surface area contributed by atoms with E-state index in [1.165, 1.54) is 12.0 Å². The average Bonchev–Trinajstić information content (AvgIpc) is 3.50. The summed E-state index contributed by atoms with van der Waals surface area (Å²) >= 11 is 0.224. The van der Waals surface area contributed by atoms with Crippen molar-refractivity contribution in [1.82, 2.24) is 15.1 Å². The molecule has 1 aromatic carbocycles. The number of aromatic nitrogens is 2. The van der Waals surface area contributed by atoms with E-state index < -0.39 is 17.1 Å². The number of carbonyl (C=O) groups excluding carboxylic acids is 2. The van der Waals surface area contributed by atoms with Crippen molar-refractivity contribution < 1.29 is 37.0 Å². The average molecular weight is 486 g/mol. The minimum Gasteiger partial charge on any atom is -0.493 e. The molecular weight excluding hydrogens is 465 g/mol. The number of methoxy groups -OCH3 is 1. The summed E-state index contributed by atoms with van der Waals surface area (Å²) < 4.78 is 54.7. The van der Waals surface area contributed by atoms with E-state index in [0.29, 0.717) is 18.1 Å². The summed E-state index contributed by atoms with van der Waals surface area (Å²) in [6.45, 7) is 0.614. The number of hydrogen-bond acceptors (Lipinski definition) is 8. The Kier molecular flexibility index (Phi) is 6.70. The van der Waals surface area contributed by atoms with Crippen LogP contribution in [0, 0.1) is 0 Å². The highest BCUT2D eigenvalue weighted by Gasteiger charge is 2.36. The number of ether oxygens (including phenoxy) is 3. The predicted molar refractivity (Wildman–Crippen MR) is 110 cm³/mol. The van der Waals surface area contributed by atoms with Crippen LogP contribution in [-0.4, -0.2) is 60.0 Å². The van der Waals surface area contributed by atoms with E-state index >= 15 is 0 Å². The van der Waals surface area contributed by atoms with Crippen molar-refractivity contribution in [3.05, 3.63) is 28.8 Å². The van der Waals surface area contributed by atoms with Crippen LogP contribution < -0.4 is 14.8 Å². The zero-order valence-corrected chi connectivity index (χ0v) is 18.4. The molecule has 1 unspecified atom stereocenters. The fraction of sp³-hybridized carbons (Fsp3) is 0.500. The second-order valence-electron chi connectivity index (χ2n) is 7.60. The second kappa shape index (κ2) is 9.51. The maximum Gasteiger partial charge on any atom is 0.445 e. The molecule has 0 aliphatic carbocycles. The number of alkyl halides is 3. The molecule has 2 aliphatic heterocycles. The van der Waals surface area contributed by atoms with Gasteiger partial charge < -0.3 is 19.1 Å². The van der Waals surface area contributed by atoms with Crippen molar-refractivity contribution in [1.29, 1.82) is 0 Å². The van der Waals surface area contributed by atoms with E-state index in [9.17, 15) is 22.8 Å². The Balaban J connectivity index is 1.38. The number of nitrogens with zero attached hydrogens (tertiary/aromatic N) is 3. The highest BCUT2D eigenvalue weighted by Crippen LogP contribution is 2.36. The van der Waals surface area contributed by atoms with Crippen molar-refractivity contribution in [2.75, 3.05) is 32.1 Å². The molecule has 13 heteroatoms. The van der Waals surface area contributed by atoms with Gasteiger partial charge in [0.1, 0.15) is 0 Å². The summed E-state index contributed by atoms with van der Waals surface area (Å²) in [5.41, 5.74) is 0.846. The van der Waals surface area contributed by atoms with Crippen molar-refractivity contribution in [2.24, 2.45) is 0 Å². The molecular formula is C20H21F3N4O5S. The van der Waals surface area contributed by atoms with Gasteiger partial charge >= 0.3 is 6.18 Å². The van der Waals surface area contributed by atoms with Crippen molar-refractivity contribution >= 4 is 28.3 Å². The quantitative estimate of drug-likeness (QED) is 0.642. The van der Waals surface area contributed by atoms with Crippen LogP contribution in [0.15, 0.2) is 18.2 Å². The van der Waals surface area contributed by atoms with Gasteiger partial charge in [-0.25, -0.2) is 0 Å². The van der Waals surface area contributed by atoms with E-state index in [-0.39, 0.29) is 54.1 Å². The van der Waals surface area contributed by atoms with Gasteiger partial charge in [0.05, 0.1) is 20.3 Å². The number of anilines is 1.